The lowest BCUT2D eigenvalue weighted by molar-refractivity contribution is -0.253. The first-order chi connectivity index (χ1) is 20.1. The minimum absolute atomic E-state index is 0.00540. The summed E-state index contributed by atoms with van der Waals surface area (Å²) in [4.78, 5) is 17.1. The van der Waals surface area contributed by atoms with Crippen LogP contribution in [0.15, 0.2) is 91.5 Å². The summed E-state index contributed by atoms with van der Waals surface area (Å²) in [6, 6.07) is 26.0. The number of benzene rings is 3. The van der Waals surface area contributed by atoms with Crippen molar-refractivity contribution in [3.63, 3.8) is 0 Å². The van der Waals surface area contributed by atoms with E-state index >= 15 is 0 Å². The van der Waals surface area contributed by atoms with Crippen LogP contribution in [0, 0.1) is 0 Å². The number of aliphatic hydroxyl groups is 1. The molecular weight excluding hydrogens is 518 g/mol. The van der Waals surface area contributed by atoms with Gasteiger partial charge in [0.15, 0.2) is 6.29 Å². The van der Waals surface area contributed by atoms with Crippen molar-refractivity contribution in [2.75, 3.05) is 44.6 Å². The highest BCUT2D eigenvalue weighted by atomic mass is 16.7. The Labute approximate surface area is 242 Å². The van der Waals surface area contributed by atoms with Gasteiger partial charge in [-0.3, -0.25) is 15.1 Å². The van der Waals surface area contributed by atoms with Crippen molar-refractivity contribution >= 4 is 11.8 Å². The maximum Gasteiger partial charge on any atom is 0.411 e. The van der Waals surface area contributed by atoms with E-state index in [0.717, 1.165) is 62.4 Å². The largest absolute Gasteiger partial charge is 0.445 e. The van der Waals surface area contributed by atoms with Crippen molar-refractivity contribution in [1.82, 2.24) is 9.80 Å². The van der Waals surface area contributed by atoms with E-state index < -0.39 is 12.4 Å². The number of nitrogens with one attached hydrogen (secondary N) is 1. The van der Waals surface area contributed by atoms with Crippen molar-refractivity contribution in [3.05, 3.63) is 114 Å². The quantitative estimate of drug-likeness (QED) is 0.328. The number of hydrogen-bond donors (Lipinski definition) is 2. The molecule has 216 valence electrons. The minimum Gasteiger partial charge on any atom is -0.445 e. The lowest BCUT2D eigenvalue weighted by atomic mass is 9.99. The standard InChI is InChI=1S/C33H39N3O5/c1-2-19-39-33(38)34-29-10-6-9-28(20-29)32-40-30(21-31(41-32)27-13-11-26(24-37)12-14-27)23-36-17-15-35(16-18-36)22-25-7-4-3-5-8-25/h2-14,20,30-32,37H,1,15-19,21-24H2,(H,34,38)/t30-,31+,32+/m1/s1. The van der Waals surface area contributed by atoms with Gasteiger partial charge in [0, 0.05) is 56.9 Å². The normalized spacial score (nSPS) is 21.7. The smallest absolute Gasteiger partial charge is 0.411 e. The third-order valence-corrected chi connectivity index (χ3v) is 7.53. The second-order valence-electron chi connectivity index (χ2n) is 10.6. The summed E-state index contributed by atoms with van der Waals surface area (Å²) in [6.07, 6.45) is 0.910. The summed E-state index contributed by atoms with van der Waals surface area (Å²) in [7, 11) is 0. The van der Waals surface area contributed by atoms with Gasteiger partial charge in [0.2, 0.25) is 0 Å². The van der Waals surface area contributed by atoms with Crippen LogP contribution in [0.25, 0.3) is 0 Å². The van der Waals surface area contributed by atoms with Gasteiger partial charge in [0.05, 0.1) is 18.8 Å². The van der Waals surface area contributed by atoms with Crippen molar-refractivity contribution in [2.45, 2.75) is 38.1 Å². The second kappa shape index (κ2) is 14.4. The Balaban J connectivity index is 1.26. The third-order valence-electron chi connectivity index (χ3n) is 7.53. The molecule has 5 rings (SSSR count). The number of ether oxygens (including phenoxy) is 3. The van der Waals surface area contributed by atoms with Crippen molar-refractivity contribution in [1.29, 1.82) is 0 Å². The molecule has 0 spiro atoms. The Morgan fingerprint density at radius 1 is 0.927 bits per heavy atom. The Morgan fingerprint density at radius 2 is 1.68 bits per heavy atom. The SMILES string of the molecule is C=CCOC(=O)Nc1cccc([C@H]2O[C@@H](CN3CCN(Cc4ccccc4)CC3)C[C@@H](c3ccc(CO)cc3)O2)c1. The molecule has 2 fully saturated rings. The van der Waals surface area contributed by atoms with Crippen LogP contribution in [0.3, 0.4) is 0 Å². The van der Waals surface area contributed by atoms with E-state index in [1.165, 1.54) is 11.6 Å². The number of rotatable bonds is 10. The molecule has 2 saturated heterocycles. The summed E-state index contributed by atoms with van der Waals surface area (Å²) in [5.41, 5.74) is 4.68. The molecule has 2 N–H and O–H groups in total. The zero-order chi connectivity index (χ0) is 28.4. The number of carbonyl (C=O) groups is 1. The van der Waals surface area contributed by atoms with Crippen LogP contribution in [0.1, 0.15) is 41.1 Å². The van der Waals surface area contributed by atoms with Crippen LogP contribution in [0.2, 0.25) is 0 Å². The highest BCUT2D eigenvalue weighted by Gasteiger charge is 2.34. The van der Waals surface area contributed by atoms with Crippen LogP contribution >= 0.6 is 0 Å². The highest BCUT2D eigenvalue weighted by molar-refractivity contribution is 5.84. The van der Waals surface area contributed by atoms with Gasteiger partial charge < -0.3 is 19.3 Å². The summed E-state index contributed by atoms with van der Waals surface area (Å²) in [5.74, 6) is 0. The van der Waals surface area contributed by atoms with Crippen LogP contribution in [0.4, 0.5) is 10.5 Å². The van der Waals surface area contributed by atoms with Crippen LogP contribution in [-0.2, 0) is 27.4 Å². The van der Waals surface area contributed by atoms with Crippen LogP contribution in [-0.4, -0.2) is 66.4 Å². The van der Waals surface area contributed by atoms with E-state index in [4.69, 9.17) is 14.2 Å². The predicted octanol–water partition coefficient (Wildman–Crippen LogP) is 5.28. The topological polar surface area (TPSA) is 83.5 Å². The molecule has 0 saturated carbocycles. The molecule has 2 aliphatic rings. The van der Waals surface area contributed by atoms with Crippen molar-refractivity contribution in [3.8, 4) is 0 Å². The van der Waals surface area contributed by atoms with Gasteiger partial charge in [0.25, 0.3) is 0 Å². The number of aliphatic hydroxyl groups excluding tert-OH is 1. The molecule has 2 heterocycles. The van der Waals surface area contributed by atoms with Gasteiger partial charge in [-0.05, 0) is 28.8 Å². The summed E-state index contributed by atoms with van der Waals surface area (Å²) < 4.78 is 18.1. The predicted molar refractivity (Wildman–Crippen MR) is 158 cm³/mol. The first-order valence-corrected chi connectivity index (χ1v) is 14.2. The van der Waals surface area contributed by atoms with E-state index in [-0.39, 0.29) is 25.4 Å². The van der Waals surface area contributed by atoms with E-state index in [2.05, 4.69) is 52.0 Å². The van der Waals surface area contributed by atoms with Gasteiger partial charge >= 0.3 is 6.09 Å². The zero-order valence-corrected chi connectivity index (χ0v) is 23.4. The van der Waals surface area contributed by atoms with Gasteiger partial charge in [-0.25, -0.2) is 4.79 Å². The third kappa shape index (κ3) is 8.25. The average Bonchev–Trinajstić information content (AvgIpc) is 3.01. The van der Waals surface area contributed by atoms with Crippen molar-refractivity contribution < 1.29 is 24.1 Å². The maximum atomic E-state index is 12.1. The van der Waals surface area contributed by atoms with E-state index in [1.807, 2.05) is 42.5 Å². The molecule has 0 aliphatic carbocycles. The number of nitrogens with zero attached hydrogens (tertiary/aromatic N) is 2. The molecule has 8 heteroatoms. The lowest BCUT2D eigenvalue weighted by Gasteiger charge is -2.41. The summed E-state index contributed by atoms with van der Waals surface area (Å²) in [6.45, 7) is 9.51. The molecule has 3 atom stereocenters. The highest BCUT2D eigenvalue weighted by Crippen LogP contribution is 2.38. The fraction of sp³-hybridized carbons (Fsp3) is 0.364. The summed E-state index contributed by atoms with van der Waals surface area (Å²) >= 11 is 0. The van der Waals surface area contributed by atoms with Crippen LogP contribution < -0.4 is 5.32 Å². The fourth-order valence-electron chi connectivity index (χ4n) is 5.34. The van der Waals surface area contributed by atoms with Gasteiger partial charge in [-0.2, -0.15) is 0 Å². The Kier molecular flexibility index (Phi) is 10.2. The number of carbonyl (C=O) groups excluding carboxylic acids is 1. The molecule has 0 radical (unpaired) electrons. The zero-order valence-electron chi connectivity index (χ0n) is 23.4. The van der Waals surface area contributed by atoms with E-state index in [0.29, 0.717) is 5.69 Å². The monoisotopic (exact) mass is 557 g/mol. The second-order valence-corrected chi connectivity index (χ2v) is 10.6. The molecule has 3 aromatic rings. The van der Waals surface area contributed by atoms with Crippen LogP contribution in [0.5, 0.6) is 0 Å². The fourth-order valence-corrected chi connectivity index (χ4v) is 5.34. The minimum atomic E-state index is -0.596. The van der Waals surface area contributed by atoms with Gasteiger partial charge in [-0.1, -0.05) is 79.4 Å². The average molecular weight is 558 g/mol. The first kappa shape index (κ1) is 29.0. The molecular formula is C33H39N3O5. The molecule has 8 nitrogen and oxygen atoms in total. The Hall–Kier alpha value is -3.53. The van der Waals surface area contributed by atoms with Crippen molar-refractivity contribution in [2.24, 2.45) is 0 Å². The number of amides is 1. The van der Waals surface area contributed by atoms with E-state index in [9.17, 15) is 9.90 Å². The number of hydrogen-bond acceptors (Lipinski definition) is 7. The lowest BCUT2D eigenvalue weighted by Crippen LogP contribution is -2.49. The Morgan fingerprint density at radius 3 is 2.41 bits per heavy atom. The Bertz CT molecular complexity index is 1260. The molecule has 1 amide bonds. The molecule has 0 aromatic heterocycles. The molecule has 2 aliphatic heterocycles. The summed E-state index contributed by atoms with van der Waals surface area (Å²) in [5, 5.41) is 12.2. The molecule has 41 heavy (non-hydrogen) atoms. The first-order valence-electron chi connectivity index (χ1n) is 14.2. The molecule has 3 aromatic carbocycles. The van der Waals surface area contributed by atoms with E-state index in [1.54, 1.807) is 6.07 Å². The molecule has 0 bridgehead atoms. The van der Waals surface area contributed by atoms with Gasteiger partial charge in [-0.15, -0.1) is 0 Å². The molecule has 0 unspecified atom stereocenters. The maximum absolute atomic E-state index is 12.1. The number of anilines is 1. The number of piperazine rings is 1. The van der Waals surface area contributed by atoms with Gasteiger partial charge in [0.1, 0.15) is 6.61 Å².